The average Bonchev–Trinajstić information content (AvgIpc) is 2.69. The molecule has 1 aliphatic rings. The summed E-state index contributed by atoms with van der Waals surface area (Å²) < 4.78 is 4.51. The van der Waals surface area contributed by atoms with Crippen LogP contribution in [0.2, 0.25) is 0 Å². The van der Waals surface area contributed by atoms with Gasteiger partial charge in [-0.3, -0.25) is 4.79 Å². The normalized spacial score (nSPS) is 21.3. The van der Waals surface area contributed by atoms with Crippen LogP contribution in [-0.2, 0) is 14.3 Å². The van der Waals surface area contributed by atoms with Crippen LogP contribution in [0.4, 0.5) is 0 Å². The van der Waals surface area contributed by atoms with Crippen molar-refractivity contribution in [1.82, 2.24) is 10.6 Å². The number of amides is 1. The van der Waals surface area contributed by atoms with E-state index in [1.807, 2.05) is 0 Å². The van der Waals surface area contributed by atoms with Crippen molar-refractivity contribution in [3.63, 3.8) is 0 Å². The molecule has 0 aromatic heterocycles. The molecule has 1 aliphatic heterocycles. The molecule has 0 spiro atoms. The number of rotatable bonds is 3. The fraction of sp³-hybridized carbons (Fsp3) is 0.778. The maximum Gasteiger partial charge on any atom is 0.328 e. The van der Waals surface area contributed by atoms with Crippen LogP contribution in [0.15, 0.2) is 0 Å². The van der Waals surface area contributed by atoms with Gasteiger partial charge in [0.25, 0.3) is 0 Å². The van der Waals surface area contributed by atoms with E-state index in [0.717, 1.165) is 13.0 Å². The first-order valence-electron chi connectivity index (χ1n) is 4.74. The minimum absolute atomic E-state index is 0. The van der Waals surface area contributed by atoms with Gasteiger partial charge < -0.3 is 15.4 Å². The van der Waals surface area contributed by atoms with E-state index in [9.17, 15) is 9.59 Å². The Morgan fingerprint density at radius 3 is 2.67 bits per heavy atom. The molecule has 0 aromatic rings. The van der Waals surface area contributed by atoms with Crippen molar-refractivity contribution in [3.05, 3.63) is 0 Å². The summed E-state index contributed by atoms with van der Waals surface area (Å²) in [5.41, 5.74) is 0. The molecule has 0 aliphatic carbocycles. The largest absolute Gasteiger partial charge is 0.467 e. The molecule has 15 heavy (non-hydrogen) atoms. The third-order valence-electron chi connectivity index (χ3n) is 2.34. The van der Waals surface area contributed by atoms with E-state index in [0.29, 0.717) is 6.54 Å². The Labute approximate surface area is 95.3 Å². The third kappa shape index (κ3) is 4.05. The number of esters is 1. The lowest BCUT2D eigenvalue weighted by Gasteiger charge is -2.14. The van der Waals surface area contributed by atoms with Gasteiger partial charge in [0.05, 0.1) is 13.0 Å². The van der Waals surface area contributed by atoms with Gasteiger partial charge in [-0.1, -0.05) is 0 Å². The molecule has 6 heteroatoms. The van der Waals surface area contributed by atoms with Crippen molar-refractivity contribution in [2.24, 2.45) is 5.92 Å². The SMILES string of the molecule is COC(=O)C(C)NC(=O)[C@H]1CCNC1.Cl. The fourth-order valence-corrected chi connectivity index (χ4v) is 1.45. The van der Waals surface area contributed by atoms with Crippen molar-refractivity contribution >= 4 is 24.3 Å². The van der Waals surface area contributed by atoms with E-state index in [1.165, 1.54) is 7.11 Å². The average molecular weight is 237 g/mol. The predicted molar refractivity (Wildman–Crippen MR) is 57.8 cm³/mol. The maximum absolute atomic E-state index is 11.5. The Balaban J connectivity index is 0.00000196. The first-order chi connectivity index (χ1) is 6.65. The van der Waals surface area contributed by atoms with E-state index >= 15 is 0 Å². The number of halogens is 1. The first kappa shape index (κ1) is 14.2. The highest BCUT2D eigenvalue weighted by atomic mass is 35.5. The van der Waals surface area contributed by atoms with Gasteiger partial charge in [-0.05, 0) is 19.9 Å². The maximum atomic E-state index is 11.5. The summed E-state index contributed by atoms with van der Waals surface area (Å²) in [6.07, 6.45) is 0.833. The molecule has 1 heterocycles. The molecule has 0 saturated carbocycles. The van der Waals surface area contributed by atoms with E-state index < -0.39 is 12.0 Å². The summed E-state index contributed by atoms with van der Waals surface area (Å²) in [6.45, 7) is 3.18. The Kier molecular flexibility index (Phi) is 6.27. The van der Waals surface area contributed by atoms with Gasteiger partial charge in [0, 0.05) is 6.54 Å². The minimum Gasteiger partial charge on any atom is -0.467 e. The molecule has 1 amide bonds. The second kappa shape index (κ2) is 6.63. The molecule has 0 bridgehead atoms. The molecular formula is C9H17ClN2O3. The second-order valence-electron chi connectivity index (χ2n) is 3.44. The first-order valence-corrected chi connectivity index (χ1v) is 4.74. The Bertz CT molecular complexity index is 229. The Morgan fingerprint density at radius 2 is 2.20 bits per heavy atom. The molecule has 5 nitrogen and oxygen atoms in total. The topological polar surface area (TPSA) is 67.4 Å². The molecule has 1 unspecified atom stereocenters. The summed E-state index contributed by atoms with van der Waals surface area (Å²) in [6, 6.07) is -0.562. The van der Waals surface area contributed by atoms with Crippen molar-refractivity contribution in [1.29, 1.82) is 0 Å². The Morgan fingerprint density at radius 1 is 1.53 bits per heavy atom. The highest BCUT2D eigenvalue weighted by molar-refractivity contribution is 5.86. The van der Waals surface area contributed by atoms with Crippen molar-refractivity contribution < 1.29 is 14.3 Å². The summed E-state index contributed by atoms with van der Waals surface area (Å²) >= 11 is 0. The monoisotopic (exact) mass is 236 g/mol. The van der Waals surface area contributed by atoms with Crippen LogP contribution in [0.25, 0.3) is 0 Å². The summed E-state index contributed by atoms with van der Waals surface area (Å²) in [7, 11) is 1.31. The lowest BCUT2D eigenvalue weighted by Crippen LogP contribution is -2.42. The van der Waals surface area contributed by atoms with Crippen LogP contribution >= 0.6 is 12.4 Å². The lowest BCUT2D eigenvalue weighted by atomic mass is 10.1. The second-order valence-corrected chi connectivity index (χ2v) is 3.44. The predicted octanol–water partition coefficient (Wildman–Crippen LogP) is -0.305. The number of carbonyl (C=O) groups excluding carboxylic acids is 2. The van der Waals surface area contributed by atoms with Gasteiger partial charge in [-0.15, -0.1) is 12.4 Å². The summed E-state index contributed by atoms with van der Waals surface area (Å²) in [5, 5.41) is 5.71. The zero-order valence-electron chi connectivity index (χ0n) is 8.91. The van der Waals surface area contributed by atoms with Gasteiger partial charge in [0.1, 0.15) is 6.04 Å². The smallest absolute Gasteiger partial charge is 0.328 e. The van der Waals surface area contributed by atoms with Crippen LogP contribution in [-0.4, -0.2) is 38.1 Å². The van der Waals surface area contributed by atoms with Crippen LogP contribution in [0.1, 0.15) is 13.3 Å². The molecular weight excluding hydrogens is 220 g/mol. The molecule has 88 valence electrons. The standard InChI is InChI=1S/C9H16N2O3.ClH/c1-6(9(13)14-2)11-8(12)7-3-4-10-5-7;/h6-7,10H,3-5H2,1-2H3,(H,11,12);1H/t6?,7-;/m0./s1. The van der Waals surface area contributed by atoms with E-state index in [-0.39, 0.29) is 24.2 Å². The molecule has 2 N–H and O–H groups in total. The Hall–Kier alpha value is -0.810. The van der Waals surface area contributed by atoms with Crippen LogP contribution in [0.3, 0.4) is 0 Å². The summed E-state index contributed by atoms with van der Waals surface area (Å²) in [4.78, 5) is 22.5. The van der Waals surface area contributed by atoms with Crippen molar-refractivity contribution in [2.75, 3.05) is 20.2 Å². The molecule has 2 atom stereocenters. The van der Waals surface area contributed by atoms with Crippen LogP contribution in [0.5, 0.6) is 0 Å². The van der Waals surface area contributed by atoms with E-state index in [4.69, 9.17) is 0 Å². The van der Waals surface area contributed by atoms with Gasteiger partial charge >= 0.3 is 5.97 Å². The molecule has 1 saturated heterocycles. The minimum atomic E-state index is -0.562. The van der Waals surface area contributed by atoms with Gasteiger partial charge in [0.2, 0.25) is 5.91 Å². The molecule has 0 radical (unpaired) electrons. The molecule has 1 rings (SSSR count). The highest BCUT2D eigenvalue weighted by Crippen LogP contribution is 2.07. The van der Waals surface area contributed by atoms with E-state index in [2.05, 4.69) is 15.4 Å². The highest BCUT2D eigenvalue weighted by Gasteiger charge is 2.25. The number of hydrogen-bond acceptors (Lipinski definition) is 4. The zero-order valence-corrected chi connectivity index (χ0v) is 9.73. The van der Waals surface area contributed by atoms with Gasteiger partial charge in [-0.25, -0.2) is 4.79 Å². The molecule has 1 fully saturated rings. The number of nitrogens with one attached hydrogen (secondary N) is 2. The van der Waals surface area contributed by atoms with Crippen LogP contribution in [0, 0.1) is 5.92 Å². The zero-order chi connectivity index (χ0) is 10.6. The van der Waals surface area contributed by atoms with Crippen molar-refractivity contribution in [2.45, 2.75) is 19.4 Å². The van der Waals surface area contributed by atoms with Gasteiger partial charge in [-0.2, -0.15) is 0 Å². The van der Waals surface area contributed by atoms with Gasteiger partial charge in [0.15, 0.2) is 0 Å². The number of carbonyl (C=O) groups is 2. The lowest BCUT2D eigenvalue weighted by molar-refractivity contribution is -0.144. The fourth-order valence-electron chi connectivity index (χ4n) is 1.45. The molecule has 0 aromatic carbocycles. The van der Waals surface area contributed by atoms with E-state index in [1.54, 1.807) is 6.92 Å². The number of methoxy groups -OCH3 is 1. The number of ether oxygens (including phenoxy) is 1. The van der Waals surface area contributed by atoms with Crippen LogP contribution < -0.4 is 10.6 Å². The summed E-state index contributed by atoms with van der Waals surface area (Å²) in [5.74, 6) is -0.501. The quantitative estimate of drug-likeness (QED) is 0.660. The van der Waals surface area contributed by atoms with Crippen molar-refractivity contribution in [3.8, 4) is 0 Å². The third-order valence-corrected chi connectivity index (χ3v) is 2.34. The number of hydrogen-bond donors (Lipinski definition) is 2.